The highest BCUT2D eigenvalue weighted by molar-refractivity contribution is 6.31. The lowest BCUT2D eigenvalue weighted by Crippen LogP contribution is -2.47. The third kappa shape index (κ3) is 2.52. The molecule has 3 aromatic rings. The fraction of sp³-hybridized carbons (Fsp3) is 0.167. The molecule has 0 saturated heterocycles. The van der Waals surface area contributed by atoms with Crippen LogP contribution in [0.5, 0.6) is 0 Å². The predicted molar refractivity (Wildman–Crippen MR) is 116 cm³/mol. The molecule has 0 unspecified atom stereocenters. The van der Waals surface area contributed by atoms with Crippen molar-refractivity contribution in [3.05, 3.63) is 94.5 Å². The molecule has 2 atom stereocenters. The number of para-hydroxylation sites is 1. The summed E-state index contributed by atoms with van der Waals surface area (Å²) in [6.45, 7) is 0.304. The number of anilines is 2. The summed E-state index contributed by atoms with van der Waals surface area (Å²) in [6.07, 6.45) is 0. The summed E-state index contributed by atoms with van der Waals surface area (Å²) < 4.78 is 0. The standard InChI is InChI=1S/C24H19ClN2O3/c1-26-19-12-11-16(25)13-17(19)21(22(26)28)24(30)18-9-5-6-10-20(18)27(23(24)29)14-15-7-3-2-4-8-15/h2-13,21,30H,14H2,1H3/t21-,24+/m0/s1. The first-order chi connectivity index (χ1) is 14.4. The van der Waals surface area contributed by atoms with Crippen molar-refractivity contribution in [2.75, 3.05) is 16.8 Å². The lowest BCUT2D eigenvalue weighted by molar-refractivity contribution is -0.144. The van der Waals surface area contributed by atoms with Gasteiger partial charge in [0, 0.05) is 23.3 Å². The van der Waals surface area contributed by atoms with E-state index in [4.69, 9.17) is 11.6 Å². The number of hydrogen-bond acceptors (Lipinski definition) is 3. The van der Waals surface area contributed by atoms with E-state index in [1.165, 1.54) is 4.90 Å². The number of fused-ring (bicyclic) bond motifs is 2. The van der Waals surface area contributed by atoms with Crippen molar-refractivity contribution < 1.29 is 14.7 Å². The fourth-order valence-electron chi connectivity index (χ4n) is 4.57. The van der Waals surface area contributed by atoms with Gasteiger partial charge in [-0.05, 0) is 35.4 Å². The van der Waals surface area contributed by atoms with Crippen molar-refractivity contribution >= 4 is 34.8 Å². The molecule has 1 N–H and O–H groups in total. The molecule has 0 radical (unpaired) electrons. The molecular weight excluding hydrogens is 400 g/mol. The van der Waals surface area contributed by atoms with Crippen LogP contribution >= 0.6 is 11.6 Å². The first-order valence-corrected chi connectivity index (χ1v) is 10.1. The van der Waals surface area contributed by atoms with Crippen molar-refractivity contribution in [1.82, 2.24) is 0 Å². The van der Waals surface area contributed by atoms with Crippen LogP contribution in [0.25, 0.3) is 0 Å². The van der Waals surface area contributed by atoms with Crippen LogP contribution < -0.4 is 9.80 Å². The van der Waals surface area contributed by atoms with Crippen LogP contribution in [0.2, 0.25) is 5.02 Å². The summed E-state index contributed by atoms with van der Waals surface area (Å²) in [5, 5.41) is 12.4. The summed E-state index contributed by atoms with van der Waals surface area (Å²) in [5.41, 5.74) is 1.18. The summed E-state index contributed by atoms with van der Waals surface area (Å²) >= 11 is 6.20. The number of likely N-dealkylation sites (N-methyl/N-ethyl adjacent to an activating group) is 1. The second-order valence-corrected chi connectivity index (χ2v) is 8.13. The highest BCUT2D eigenvalue weighted by atomic mass is 35.5. The lowest BCUT2D eigenvalue weighted by atomic mass is 9.78. The maximum Gasteiger partial charge on any atom is 0.265 e. The molecule has 2 aliphatic rings. The number of nitrogens with zero attached hydrogens (tertiary/aromatic N) is 2. The maximum absolute atomic E-state index is 13.7. The molecule has 0 bridgehead atoms. The topological polar surface area (TPSA) is 60.9 Å². The largest absolute Gasteiger partial charge is 0.374 e. The van der Waals surface area contributed by atoms with Gasteiger partial charge >= 0.3 is 0 Å². The molecule has 150 valence electrons. The van der Waals surface area contributed by atoms with Crippen molar-refractivity contribution in [1.29, 1.82) is 0 Å². The van der Waals surface area contributed by atoms with Crippen molar-refractivity contribution in [2.24, 2.45) is 0 Å². The molecule has 3 aromatic carbocycles. The monoisotopic (exact) mass is 418 g/mol. The summed E-state index contributed by atoms with van der Waals surface area (Å²) in [7, 11) is 1.64. The molecule has 2 aliphatic heterocycles. The van der Waals surface area contributed by atoms with Gasteiger partial charge in [0.2, 0.25) is 5.91 Å². The number of benzene rings is 3. The highest BCUT2D eigenvalue weighted by Crippen LogP contribution is 2.53. The molecule has 0 spiro atoms. The number of carbonyl (C=O) groups is 2. The van der Waals surface area contributed by atoms with E-state index in [1.54, 1.807) is 48.3 Å². The average Bonchev–Trinajstić information content (AvgIpc) is 3.12. The van der Waals surface area contributed by atoms with Crippen LogP contribution in [0.15, 0.2) is 72.8 Å². The molecular formula is C24H19ClN2O3. The number of halogens is 1. The van der Waals surface area contributed by atoms with Gasteiger partial charge in [-0.15, -0.1) is 0 Å². The Labute approximate surface area is 179 Å². The van der Waals surface area contributed by atoms with E-state index in [9.17, 15) is 14.7 Å². The van der Waals surface area contributed by atoms with Gasteiger partial charge < -0.3 is 14.9 Å². The Morgan fingerprint density at radius 1 is 0.967 bits per heavy atom. The van der Waals surface area contributed by atoms with Crippen molar-refractivity contribution in [3.8, 4) is 0 Å². The van der Waals surface area contributed by atoms with Crippen LogP contribution in [0, 0.1) is 0 Å². The maximum atomic E-state index is 13.7. The van der Waals surface area contributed by atoms with Crippen LogP contribution in [0.4, 0.5) is 11.4 Å². The third-order valence-electron chi connectivity index (χ3n) is 6.02. The van der Waals surface area contributed by atoms with E-state index in [1.807, 2.05) is 36.4 Å². The van der Waals surface area contributed by atoms with Gasteiger partial charge in [-0.3, -0.25) is 9.59 Å². The number of carbonyl (C=O) groups excluding carboxylic acids is 2. The smallest absolute Gasteiger partial charge is 0.265 e. The molecule has 0 fully saturated rings. The van der Waals surface area contributed by atoms with Gasteiger partial charge in [0.05, 0.1) is 12.2 Å². The normalized spacial score (nSPS) is 22.4. The van der Waals surface area contributed by atoms with Gasteiger partial charge in [-0.1, -0.05) is 60.1 Å². The van der Waals surface area contributed by atoms with E-state index >= 15 is 0 Å². The molecule has 30 heavy (non-hydrogen) atoms. The Bertz CT molecular complexity index is 1180. The second-order valence-electron chi connectivity index (χ2n) is 7.69. The van der Waals surface area contributed by atoms with E-state index in [0.717, 1.165) is 5.56 Å². The van der Waals surface area contributed by atoms with E-state index in [0.29, 0.717) is 34.1 Å². The Hall–Kier alpha value is -3.15. The third-order valence-corrected chi connectivity index (χ3v) is 6.25. The van der Waals surface area contributed by atoms with Crippen molar-refractivity contribution in [2.45, 2.75) is 18.1 Å². The minimum absolute atomic E-state index is 0.304. The van der Waals surface area contributed by atoms with Gasteiger partial charge in [-0.2, -0.15) is 0 Å². The number of hydrogen-bond donors (Lipinski definition) is 1. The minimum Gasteiger partial charge on any atom is -0.374 e. The van der Waals surface area contributed by atoms with Crippen LogP contribution in [-0.2, 0) is 21.7 Å². The first-order valence-electron chi connectivity index (χ1n) is 9.67. The van der Waals surface area contributed by atoms with Gasteiger partial charge in [0.1, 0.15) is 5.92 Å². The van der Waals surface area contributed by atoms with Gasteiger partial charge in [0.25, 0.3) is 5.91 Å². The second kappa shape index (κ2) is 6.69. The van der Waals surface area contributed by atoms with Gasteiger partial charge in [-0.25, -0.2) is 0 Å². The zero-order chi connectivity index (χ0) is 21.0. The molecule has 0 aliphatic carbocycles. The molecule has 0 saturated carbocycles. The highest BCUT2D eigenvalue weighted by Gasteiger charge is 2.60. The average molecular weight is 419 g/mol. The quantitative estimate of drug-likeness (QED) is 0.703. The fourth-order valence-corrected chi connectivity index (χ4v) is 4.76. The zero-order valence-corrected chi connectivity index (χ0v) is 17.0. The Morgan fingerprint density at radius 3 is 2.43 bits per heavy atom. The molecule has 0 aromatic heterocycles. The summed E-state index contributed by atoms with van der Waals surface area (Å²) in [4.78, 5) is 30.0. The molecule has 5 rings (SSSR count). The minimum atomic E-state index is -2.01. The number of aliphatic hydroxyl groups is 1. The molecule has 2 amide bonds. The molecule has 2 heterocycles. The summed E-state index contributed by atoms with van der Waals surface area (Å²) in [6, 6.07) is 21.8. The number of amides is 2. The molecule has 6 heteroatoms. The summed E-state index contributed by atoms with van der Waals surface area (Å²) in [5.74, 6) is -1.91. The lowest BCUT2D eigenvalue weighted by Gasteiger charge is -2.28. The van der Waals surface area contributed by atoms with E-state index < -0.39 is 17.4 Å². The number of rotatable bonds is 3. The Balaban J connectivity index is 1.67. The zero-order valence-electron chi connectivity index (χ0n) is 16.2. The Kier molecular flexibility index (Phi) is 4.20. The van der Waals surface area contributed by atoms with E-state index in [2.05, 4.69) is 0 Å². The Morgan fingerprint density at radius 2 is 1.67 bits per heavy atom. The molecule has 5 nitrogen and oxygen atoms in total. The van der Waals surface area contributed by atoms with Crippen molar-refractivity contribution in [3.63, 3.8) is 0 Å². The van der Waals surface area contributed by atoms with Crippen LogP contribution in [0.1, 0.15) is 22.6 Å². The van der Waals surface area contributed by atoms with Gasteiger partial charge in [0.15, 0.2) is 5.60 Å². The van der Waals surface area contributed by atoms with Crippen LogP contribution in [0.3, 0.4) is 0 Å². The van der Waals surface area contributed by atoms with E-state index in [-0.39, 0.29) is 5.91 Å². The predicted octanol–water partition coefficient (Wildman–Crippen LogP) is 3.83. The first kappa shape index (κ1) is 18.9. The van der Waals surface area contributed by atoms with Crippen LogP contribution in [-0.4, -0.2) is 24.0 Å². The SMILES string of the molecule is CN1C(=O)[C@@H]([C@@]2(O)C(=O)N(Cc3ccccc3)c3ccccc32)c2cc(Cl)ccc21.